The fourth-order valence-electron chi connectivity index (χ4n) is 5.20. The number of aromatic nitrogens is 2. The van der Waals surface area contributed by atoms with E-state index >= 15 is 0 Å². The molecule has 2 N–H and O–H groups in total. The summed E-state index contributed by atoms with van der Waals surface area (Å²) in [7, 11) is 0. The molecule has 2 atom stereocenters. The van der Waals surface area contributed by atoms with Crippen molar-refractivity contribution in [3.05, 3.63) is 111 Å². The van der Waals surface area contributed by atoms with E-state index < -0.39 is 17.8 Å². The number of aromatic amines is 1. The minimum atomic E-state index is -0.660. The van der Waals surface area contributed by atoms with Gasteiger partial charge in [-0.15, -0.1) is 0 Å². The average molecular weight is 553 g/mol. The van der Waals surface area contributed by atoms with Crippen LogP contribution in [-0.4, -0.2) is 57.6 Å². The zero-order valence-corrected chi connectivity index (χ0v) is 22.5. The number of fused-ring (bicyclic) bond motifs is 1. The summed E-state index contributed by atoms with van der Waals surface area (Å²) in [6.45, 7) is 2.40. The highest BCUT2D eigenvalue weighted by Gasteiger charge is 2.34. The van der Waals surface area contributed by atoms with Crippen molar-refractivity contribution in [3.63, 3.8) is 0 Å². The summed E-state index contributed by atoms with van der Waals surface area (Å²) in [5.41, 5.74) is 1.81. The molecular formula is C31H29FN6O3. The van der Waals surface area contributed by atoms with Crippen LogP contribution < -0.4 is 10.9 Å². The number of amides is 3. The number of rotatable bonds is 6. The number of urea groups is 1. The molecule has 1 aliphatic rings. The SMILES string of the molecule is C[C@H](NC(=O)N1CCN(C(=O)c2cc(Cc3n[nH]c(=O)c4ccccc34)ccc2F)C[C@H]1CC#N)c1ccccc1. The van der Waals surface area contributed by atoms with Crippen molar-refractivity contribution >= 4 is 22.7 Å². The van der Waals surface area contributed by atoms with Gasteiger partial charge in [-0.3, -0.25) is 9.59 Å². The first-order valence-corrected chi connectivity index (χ1v) is 13.4. The second-order valence-electron chi connectivity index (χ2n) is 10.1. The van der Waals surface area contributed by atoms with Crippen LogP contribution in [0.4, 0.5) is 9.18 Å². The molecular weight excluding hydrogens is 523 g/mol. The summed E-state index contributed by atoms with van der Waals surface area (Å²) in [5, 5.41) is 20.3. The lowest BCUT2D eigenvalue weighted by Gasteiger charge is -2.41. The molecule has 0 unspecified atom stereocenters. The fraction of sp³-hybridized carbons (Fsp3) is 0.258. The lowest BCUT2D eigenvalue weighted by molar-refractivity contribution is 0.0555. The molecule has 0 saturated carbocycles. The molecule has 3 amide bonds. The number of nitrogens with one attached hydrogen (secondary N) is 2. The molecule has 1 saturated heterocycles. The third-order valence-electron chi connectivity index (χ3n) is 7.41. The van der Waals surface area contributed by atoms with E-state index in [0.29, 0.717) is 22.0 Å². The molecule has 0 spiro atoms. The van der Waals surface area contributed by atoms with Gasteiger partial charge in [0.1, 0.15) is 5.82 Å². The van der Waals surface area contributed by atoms with Crippen LogP contribution in [0.5, 0.6) is 0 Å². The zero-order valence-electron chi connectivity index (χ0n) is 22.5. The summed E-state index contributed by atoms with van der Waals surface area (Å²) in [6, 6.07) is 22.0. The van der Waals surface area contributed by atoms with Crippen molar-refractivity contribution < 1.29 is 14.0 Å². The second-order valence-corrected chi connectivity index (χ2v) is 10.1. The molecule has 1 aliphatic heterocycles. The minimum Gasteiger partial charge on any atom is -0.335 e. The first-order chi connectivity index (χ1) is 19.9. The Hall–Kier alpha value is -5.04. The van der Waals surface area contributed by atoms with Crippen molar-refractivity contribution in [1.29, 1.82) is 5.26 Å². The third-order valence-corrected chi connectivity index (χ3v) is 7.41. The molecule has 10 heteroatoms. The number of carbonyl (C=O) groups excluding carboxylic acids is 2. The molecule has 3 aromatic carbocycles. The summed E-state index contributed by atoms with van der Waals surface area (Å²) in [4.78, 5) is 41.8. The maximum Gasteiger partial charge on any atom is 0.318 e. The van der Waals surface area contributed by atoms with Gasteiger partial charge in [-0.2, -0.15) is 10.4 Å². The van der Waals surface area contributed by atoms with Gasteiger partial charge in [0.2, 0.25) is 0 Å². The van der Waals surface area contributed by atoms with E-state index in [-0.39, 0.29) is 55.7 Å². The summed E-state index contributed by atoms with van der Waals surface area (Å²) < 4.78 is 14.9. The molecule has 0 aliphatic carbocycles. The van der Waals surface area contributed by atoms with Crippen LogP contribution in [0.25, 0.3) is 10.8 Å². The molecule has 1 fully saturated rings. The first kappa shape index (κ1) is 27.5. The van der Waals surface area contributed by atoms with Crippen molar-refractivity contribution in [3.8, 4) is 6.07 Å². The highest BCUT2D eigenvalue weighted by molar-refractivity contribution is 5.95. The lowest BCUT2D eigenvalue weighted by Crippen LogP contribution is -2.58. The van der Waals surface area contributed by atoms with E-state index in [0.717, 1.165) is 5.56 Å². The lowest BCUT2D eigenvalue weighted by atomic mass is 10.0. The molecule has 41 heavy (non-hydrogen) atoms. The van der Waals surface area contributed by atoms with Crippen LogP contribution in [0.15, 0.2) is 77.6 Å². The molecule has 0 radical (unpaired) electrons. The van der Waals surface area contributed by atoms with Gasteiger partial charge in [0, 0.05) is 31.4 Å². The zero-order chi connectivity index (χ0) is 28.9. The van der Waals surface area contributed by atoms with Crippen LogP contribution >= 0.6 is 0 Å². The molecule has 0 bridgehead atoms. The van der Waals surface area contributed by atoms with Crippen molar-refractivity contribution in [2.75, 3.05) is 19.6 Å². The van der Waals surface area contributed by atoms with Gasteiger partial charge in [0.15, 0.2) is 0 Å². The molecule has 5 rings (SSSR count). The number of nitrogens with zero attached hydrogens (tertiary/aromatic N) is 4. The van der Waals surface area contributed by atoms with Crippen LogP contribution in [0, 0.1) is 17.1 Å². The monoisotopic (exact) mass is 552 g/mol. The van der Waals surface area contributed by atoms with Crippen molar-refractivity contribution in [2.45, 2.75) is 31.8 Å². The Labute approximate surface area is 236 Å². The largest absolute Gasteiger partial charge is 0.335 e. The van der Waals surface area contributed by atoms with E-state index in [1.54, 1.807) is 29.2 Å². The van der Waals surface area contributed by atoms with Crippen LogP contribution in [0.3, 0.4) is 0 Å². The Morgan fingerprint density at radius 1 is 1.10 bits per heavy atom. The number of benzene rings is 3. The number of carbonyl (C=O) groups is 2. The quantitative estimate of drug-likeness (QED) is 0.372. The highest BCUT2D eigenvalue weighted by atomic mass is 19.1. The molecule has 208 valence electrons. The van der Waals surface area contributed by atoms with Crippen molar-refractivity contribution in [2.24, 2.45) is 0 Å². The van der Waals surface area contributed by atoms with E-state index in [1.165, 1.54) is 17.0 Å². The van der Waals surface area contributed by atoms with Gasteiger partial charge in [-0.1, -0.05) is 54.6 Å². The smallest absolute Gasteiger partial charge is 0.318 e. The average Bonchev–Trinajstić information content (AvgIpc) is 2.99. The predicted octanol–water partition coefficient (Wildman–Crippen LogP) is 4.16. The van der Waals surface area contributed by atoms with Gasteiger partial charge in [-0.25, -0.2) is 14.3 Å². The van der Waals surface area contributed by atoms with E-state index in [1.807, 2.05) is 43.3 Å². The number of piperazine rings is 1. The standard InChI is InChI=1S/C31H29FN6O3/c1-20(22-7-3-2-4-8-22)34-31(41)38-16-15-37(19-23(38)13-14-33)30(40)26-17-21(11-12-27(26)32)18-28-24-9-5-6-10-25(24)29(39)36-35-28/h2-12,17,20,23H,13,15-16,18-19H2,1H3,(H,34,41)(H,36,39)/t20-,23+/m0/s1. The van der Waals surface area contributed by atoms with Gasteiger partial charge in [0.25, 0.3) is 11.5 Å². The van der Waals surface area contributed by atoms with E-state index in [4.69, 9.17) is 0 Å². The first-order valence-electron chi connectivity index (χ1n) is 13.4. The van der Waals surface area contributed by atoms with Gasteiger partial charge < -0.3 is 15.1 Å². The van der Waals surface area contributed by atoms with Crippen LogP contribution in [0.2, 0.25) is 0 Å². The Morgan fingerprint density at radius 2 is 1.83 bits per heavy atom. The number of hydrogen-bond donors (Lipinski definition) is 2. The molecule has 1 aromatic heterocycles. The van der Waals surface area contributed by atoms with Crippen LogP contribution in [-0.2, 0) is 6.42 Å². The highest BCUT2D eigenvalue weighted by Crippen LogP contribution is 2.22. The van der Waals surface area contributed by atoms with Crippen LogP contribution in [0.1, 0.15) is 46.6 Å². The van der Waals surface area contributed by atoms with Crippen molar-refractivity contribution in [1.82, 2.24) is 25.3 Å². The minimum absolute atomic E-state index is 0.0321. The summed E-state index contributed by atoms with van der Waals surface area (Å²) >= 11 is 0. The third kappa shape index (κ3) is 5.94. The summed E-state index contributed by atoms with van der Waals surface area (Å²) in [6.07, 6.45) is 0.312. The maximum atomic E-state index is 14.9. The topological polar surface area (TPSA) is 122 Å². The fourth-order valence-corrected chi connectivity index (χ4v) is 5.20. The normalized spacial score (nSPS) is 15.8. The van der Waals surface area contributed by atoms with Gasteiger partial charge in [0.05, 0.1) is 41.2 Å². The Kier molecular flexibility index (Phi) is 8.06. The maximum absolute atomic E-state index is 14.9. The molecule has 2 heterocycles. The molecule has 9 nitrogen and oxygen atoms in total. The number of hydrogen-bond acceptors (Lipinski definition) is 5. The number of nitriles is 1. The Morgan fingerprint density at radius 3 is 2.59 bits per heavy atom. The summed E-state index contributed by atoms with van der Waals surface area (Å²) in [5.74, 6) is -1.17. The Balaban J connectivity index is 1.31. The number of halogens is 1. The van der Waals surface area contributed by atoms with E-state index in [2.05, 4.69) is 21.6 Å². The Bertz CT molecular complexity index is 1680. The second kappa shape index (κ2) is 12.0. The van der Waals surface area contributed by atoms with Gasteiger partial charge >= 0.3 is 6.03 Å². The molecule has 4 aromatic rings. The predicted molar refractivity (Wildman–Crippen MR) is 152 cm³/mol. The number of H-pyrrole nitrogens is 1. The van der Waals surface area contributed by atoms with Gasteiger partial charge in [-0.05, 0) is 36.2 Å². The van der Waals surface area contributed by atoms with E-state index in [9.17, 15) is 24.0 Å².